The Balaban J connectivity index is 2.92. The van der Waals surface area contributed by atoms with Crippen LogP contribution >= 0.6 is 0 Å². The molecule has 0 saturated carbocycles. The van der Waals surface area contributed by atoms with Crippen molar-refractivity contribution in [2.75, 3.05) is 6.61 Å². The number of hydrogen-bond donors (Lipinski definition) is 1. The van der Waals surface area contributed by atoms with Gasteiger partial charge in [0.2, 0.25) is 0 Å². The Bertz CT molecular complexity index is 417. The van der Waals surface area contributed by atoms with Gasteiger partial charge in [-0.3, -0.25) is 4.98 Å². The second-order valence-electron chi connectivity index (χ2n) is 4.81. The van der Waals surface area contributed by atoms with E-state index in [4.69, 9.17) is 4.74 Å². The van der Waals surface area contributed by atoms with Crippen molar-refractivity contribution in [1.82, 2.24) is 4.98 Å². The number of ether oxygens (including phenoxy) is 1. The molecule has 1 unspecified atom stereocenters. The normalized spacial score (nSPS) is 13.7. The number of alkyl halides is 3. The number of aliphatic hydroxyl groups excluding tert-OH is 1. The minimum atomic E-state index is -4.56. The van der Waals surface area contributed by atoms with Crippen LogP contribution in [0, 0.1) is 5.92 Å². The summed E-state index contributed by atoms with van der Waals surface area (Å²) in [5, 5.41) is 9.30. The Hall–Kier alpha value is -1.30. The number of hydrogen-bond acceptors (Lipinski definition) is 3. The Morgan fingerprint density at radius 3 is 2.42 bits per heavy atom. The number of nitrogens with zero attached hydrogens (tertiary/aromatic N) is 1. The van der Waals surface area contributed by atoms with Gasteiger partial charge in [0, 0.05) is 0 Å². The van der Waals surface area contributed by atoms with Crippen LogP contribution in [-0.4, -0.2) is 16.7 Å². The molecule has 0 bridgehead atoms. The fourth-order valence-electron chi connectivity index (χ4n) is 1.51. The standard InChI is InChI=1S/C13H18F3NO2/c1-8(2)4-5-19-10-6-11(13(14,15)16)12(9(3)18)17-7-10/h6-9,18H,4-5H2,1-3H3. The number of rotatable bonds is 5. The zero-order valence-electron chi connectivity index (χ0n) is 11.2. The van der Waals surface area contributed by atoms with Crippen molar-refractivity contribution in [2.24, 2.45) is 5.92 Å². The van der Waals surface area contributed by atoms with Gasteiger partial charge in [-0.15, -0.1) is 0 Å². The van der Waals surface area contributed by atoms with E-state index in [1.165, 1.54) is 13.1 Å². The molecular weight excluding hydrogens is 259 g/mol. The molecule has 1 rings (SSSR count). The molecule has 0 aliphatic rings. The van der Waals surface area contributed by atoms with E-state index in [1.54, 1.807) is 0 Å². The van der Waals surface area contributed by atoms with Gasteiger partial charge in [-0.1, -0.05) is 13.8 Å². The third-order valence-corrected chi connectivity index (χ3v) is 2.56. The van der Waals surface area contributed by atoms with Gasteiger partial charge in [-0.25, -0.2) is 0 Å². The molecule has 1 aromatic heterocycles. The number of halogens is 3. The third kappa shape index (κ3) is 4.70. The highest BCUT2D eigenvalue weighted by Gasteiger charge is 2.35. The molecule has 0 aliphatic heterocycles. The predicted octanol–water partition coefficient (Wildman–Crippen LogP) is 3.58. The second kappa shape index (κ2) is 6.23. The summed E-state index contributed by atoms with van der Waals surface area (Å²) in [6.07, 6.45) is -3.88. The molecule has 1 atom stereocenters. The van der Waals surface area contributed by atoms with E-state index in [-0.39, 0.29) is 11.4 Å². The van der Waals surface area contributed by atoms with Crippen LogP contribution < -0.4 is 4.74 Å². The zero-order chi connectivity index (χ0) is 14.6. The monoisotopic (exact) mass is 277 g/mol. The Morgan fingerprint density at radius 1 is 1.32 bits per heavy atom. The largest absolute Gasteiger partial charge is 0.492 e. The molecule has 0 saturated heterocycles. The molecule has 0 spiro atoms. The van der Waals surface area contributed by atoms with Crippen LogP contribution in [0.2, 0.25) is 0 Å². The van der Waals surface area contributed by atoms with Crippen molar-refractivity contribution in [3.8, 4) is 5.75 Å². The third-order valence-electron chi connectivity index (χ3n) is 2.56. The van der Waals surface area contributed by atoms with Crippen LogP contribution in [0.1, 0.15) is 44.6 Å². The molecule has 108 valence electrons. The summed E-state index contributed by atoms with van der Waals surface area (Å²) >= 11 is 0. The van der Waals surface area contributed by atoms with Gasteiger partial charge in [0.1, 0.15) is 5.75 Å². The maximum absolute atomic E-state index is 12.8. The van der Waals surface area contributed by atoms with Crippen molar-refractivity contribution in [3.63, 3.8) is 0 Å². The van der Waals surface area contributed by atoms with E-state index < -0.39 is 17.8 Å². The van der Waals surface area contributed by atoms with Crippen LogP contribution in [0.15, 0.2) is 12.3 Å². The fourth-order valence-corrected chi connectivity index (χ4v) is 1.51. The van der Waals surface area contributed by atoms with E-state index >= 15 is 0 Å². The molecule has 0 amide bonds. The Labute approximate surface area is 110 Å². The topological polar surface area (TPSA) is 42.4 Å². The lowest BCUT2D eigenvalue weighted by atomic mass is 10.1. The van der Waals surface area contributed by atoms with E-state index in [0.717, 1.165) is 12.5 Å². The van der Waals surface area contributed by atoms with Crippen LogP contribution in [-0.2, 0) is 6.18 Å². The average Bonchev–Trinajstić information content (AvgIpc) is 2.27. The van der Waals surface area contributed by atoms with Crippen LogP contribution in [0.5, 0.6) is 5.75 Å². The van der Waals surface area contributed by atoms with Gasteiger partial charge in [0.25, 0.3) is 0 Å². The van der Waals surface area contributed by atoms with Gasteiger partial charge < -0.3 is 9.84 Å². The van der Waals surface area contributed by atoms with Crippen molar-refractivity contribution >= 4 is 0 Å². The molecule has 0 aromatic carbocycles. The molecule has 3 nitrogen and oxygen atoms in total. The van der Waals surface area contributed by atoms with Crippen molar-refractivity contribution in [2.45, 2.75) is 39.5 Å². The fraction of sp³-hybridized carbons (Fsp3) is 0.615. The van der Waals surface area contributed by atoms with E-state index in [0.29, 0.717) is 12.5 Å². The van der Waals surface area contributed by atoms with Gasteiger partial charge in [0.05, 0.1) is 30.2 Å². The smallest absolute Gasteiger partial charge is 0.418 e. The second-order valence-corrected chi connectivity index (χ2v) is 4.81. The first kappa shape index (κ1) is 15.8. The summed E-state index contributed by atoms with van der Waals surface area (Å²) in [5.74, 6) is 0.476. The molecule has 1 N–H and O–H groups in total. The first-order valence-electron chi connectivity index (χ1n) is 6.09. The van der Waals surface area contributed by atoms with E-state index in [9.17, 15) is 18.3 Å². The average molecular weight is 277 g/mol. The lowest BCUT2D eigenvalue weighted by Crippen LogP contribution is -2.13. The van der Waals surface area contributed by atoms with Gasteiger partial charge in [0.15, 0.2) is 0 Å². The lowest BCUT2D eigenvalue weighted by molar-refractivity contribution is -0.139. The van der Waals surface area contributed by atoms with Crippen LogP contribution in [0.3, 0.4) is 0 Å². The van der Waals surface area contributed by atoms with Crippen LogP contribution in [0.4, 0.5) is 13.2 Å². The summed E-state index contributed by atoms with van der Waals surface area (Å²) in [7, 11) is 0. The van der Waals surface area contributed by atoms with E-state index in [2.05, 4.69) is 4.98 Å². The maximum Gasteiger partial charge on any atom is 0.418 e. The van der Waals surface area contributed by atoms with Gasteiger partial charge in [-0.05, 0) is 25.3 Å². The summed E-state index contributed by atoms with van der Waals surface area (Å²) in [5.41, 5.74) is -1.34. The van der Waals surface area contributed by atoms with Crippen LogP contribution in [0.25, 0.3) is 0 Å². The molecule has 0 radical (unpaired) electrons. The molecule has 1 heterocycles. The quantitative estimate of drug-likeness (QED) is 0.894. The summed E-state index contributed by atoms with van der Waals surface area (Å²) in [6.45, 7) is 5.58. The van der Waals surface area contributed by atoms with Gasteiger partial charge >= 0.3 is 6.18 Å². The molecule has 0 fully saturated rings. The molecule has 1 aromatic rings. The molecular formula is C13H18F3NO2. The summed E-state index contributed by atoms with van der Waals surface area (Å²) in [6, 6.07) is 0.884. The highest BCUT2D eigenvalue weighted by Crippen LogP contribution is 2.35. The zero-order valence-corrected chi connectivity index (χ0v) is 11.2. The summed E-state index contributed by atoms with van der Waals surface area (Å²) < 4.78 is 43.7. The Morgan fingerprint density at radius 2 is 1.95 bits per heavy atom. The van der Waals surface area contributed by atoms with Crippen molar-refractivity contribution in [1.29, 1.82) is 0 Å². The minimum absolute atomic E-state index is 0.0670. The lowest BCUT2D eigenvalue weighted by Gasteiger charge is -2.15. The minimum Gasteiger partial charge on any atom is -0.492 e. The highest BCUT2D eigenvalue weighted by atomic mass is 19.4. The van der Waals surface area contributed by atoms with E-state index in [1.807, 2.05) is 13.8 Å². The first-order chi connectivity index (χ1) is 8.71. The first-order valence-corrected chi connectivity index (χ1v) is 6.09. The van der Waals surface area contributed by atoms with Crippen molar-refractivity contribution in [3.05, 3.63) is 23.5 Å². The molecule has 19 heavy (non-hydrogen) atoms. The number of pyridine rings is 1. The molecule has 0 aliphatic carbocycles. The number of aromatic nitrogens is 1. The number of aliphatic hydroxyl groups is 1. The summed E-state index contributed by atoms with van der Waals surface area (Å²) in [4.78, 5) is 3.65. The highest BCUT2D eigenvalue weighted by molar-refractivity contribution is 5.32. The predicted molar refractivity (Wildman–Crippen MR) is 64.8 cm³/mol. The van der Waals surface area contributed by atoms with Gasteiger partial charge in [-0.2, -0.15) is 13.2 Å². The Kier molecular flexibility index (Phi) is 5.17. The maximum atomic E-state index is 12.8. The van der Waals surface area contributed by atoms with Crippen molar-refractivity contribution < 1.29 is 23.0 Å². The SMILES string of the molecule is CC(C)CCOc1cnc(C(C)O)c(C(F)(F)F)c1. The molecule has 6 heteroatoms.